The smallest absolute Gasteiger partial charge is 0.204 e. The van der Waals surface area contributed by atoms with Gasteiger partial charge in [0.1, 0.15) is 12.6 Å². The monoisotopic (exact) mass is 107 g/mol. The minimum Gasteiger partial charge on any atom is -0.349 e. The van der Waals surface area contributed by atoms with E-state index >= 15 is 0 Å². The number of likely N-dealkylation sites (N-methyl/N-ethyl adjacent to an activating group) is 1. The molecule has 0 saturated carbocycles. The fourth-order valence-electron chi connectivity index (χ4n) is 0.487. The predicted octanol–water partition coefficient (Wildman–Crippen LogP) is -0.107. The molecular formula is C5H5N3. The van der Waals surface area contributed by atoms with Gasteiger partial charge in [-0.3, -0.25) is 0 Å². The van der Waals surface area contributed by atoms with Gasteiger partial charge < -0.3 is 4.90 Å². The average molecular weight is 107 g/mol. The van der Waals surface area contributed by atoms with E-state index in [0.717, 1.165) is 0 Å². The summed E-state index contributed by atoms with van der Waals surface area (Å²) >= 11 is 0. The van der Waals surface area contributed by atoms with Crippen molar-refractivity contribution in [3.05, 3.63) is 6.54 Å². The van der Waals surface area contributed by atoms with Crippen molar-refractivity contribution in [3.63, 3.8) is 0 Å². The van der Waals surface area contributed by atoms with Gasteiger partial charge in [0.05, 0.1) is 6.54 Å². The van der Waals surface area contributed by atoms with E-state index in [9.17, 15) is 0 Å². The topological polar surface area (TPSA) is 39.4 Å². The Morgan fingerprint density at radius 3 is 3.00 bits per heavy atom. The van der Waals surface area contributed by atoms with Crippen LogP contribution in [-0.2, 0) is 0 Å². The van der Waals surface area contributed by atoms with Crippen molar-refractivity contribution in [2.75, 3.05) is 13.6 Å². The lowest BCUT2D eigenvalue weighted by Gasteiger charge is -2.04. The summed E-state index contributed by atoms with van der Waals surface area (Å²) in [5.41, 5.74) is 0. The fourth-order valence-corrected chi connectivity index (χ4v) is 0.487. The summed E-state index contributed by atoms with van der Waals surface area (Å²) in [5, 5.41) is 8.27. The number of rotatable bonds is 0. The van der Waals surface area contributed by atoms with Crippen molar-refractivity contribution in [2.45, 2.75) is 0 Å². The number of hydrogen-bond acceptors (Lipinski definition) is 3. The SMILES string of the molecule is CN1C[C]N=C1C#N. The Kier molecular flexibility index (Phi) is 1.17. The van der Waals surface area contributed by atoms with E-state index in [4.69, 9.17) is 5.26 Å². The third-order valence-electron chi connectivity index (χ3n) is 0.954. The zero-order valence-electron chi connectivity index (χ0n) is 4.55. The molecule has 0 atom stereocenters. The molecule has 0 aliphatic carbocycles. The first kappa shape index (κ1) is 5.10. The minimum atomic E-state index is 0.449. The van der Waals surface area contributed by atoms with E-state index in [1.807, 2.05) is 13.1 Å². The van der Waals surface area contributed by atoms with Crippen LogP contribution in [0.25, 0.3) is 0 Å². The number of nitriles is 1. The molecule has 0 amide bonds. The van der Waals surface area contributed by atoms with Crippen molar-refractivity contribution in [3.8, 4) is 6.07 Å². The second-order valence-corrected chi connectivity index (χ2v) is 1.56. The molecule has 1 aliphatic heterocycles. The summed E-state index contributed by atoms with van der Waals surface area (Å²) in [6.45, 7) is 3.31. The Morgan fingerprint density at radius 1 is 2.00 bits per heavy atom. The summed E-state index contributed by atoms with van der Waals surface area (Å²) in [6.07, 6.45) is 0. The number of amidine groups is 1. The van der Waals surface area contributed by atoms with Crippen LogP contribution in [0.4, 0.5) is 0 Å². The molecule has 1 aliphatic rings. The van der Waals surface area contributed by atoms with E-state index in [0.29, 0.717) is 12.4 Å². The highest BCUT2D eigenvalue weighted by molar-refractivity contribution is 5.97. The second kappa shape index (κ2) is 1.83. The molecule has 0 fully saturated rings. The Bertz CT molecular complexity index is 154. The molecule has 1 rings (SSSR count). The van der Waals surface area contributed by atoms with Crippen LogP contribution >= 0.6 is 0 Å². The Labute approximate surface area is 48.2 Å². The maximum Gasteiger partial charge on any atom is 0.204 e. The average Bonchev–Trinajstić information content (AvgIpc) is 2.14. The molecule has 0 aromatic carbocycles. The van der Waals surface area contributed by atoms with Crippen molar-refractivity contribution < 1.29 is 0 Å². The van der Waals surface area contributed by atoms with Gasteiger partial charge >= 0.3 is 0 Å². The van der Waals surface area contributed by atoms with Gasteiger partial charge in [-0.05, 0) is 0 Å². The van der Waals surface area contributed by atoms with E-state index in [2.05, 4.69) is 11.5 Å². The van der Waals surface area contributed by atoms with Crippen molar-refractivity contribution in [1.29, 1.82) is 5.26 Å². The van der Waals surface area contributed by atoms with Crippen LogP contribution < -0.4 is 0 Å². The molecule has 1 heterocycles. The third-order valence-corrected chi connectivity index (χ3v) is 0.954. The lowest BCUT2D eigenvalue weighted by Crippen LogP contribution is -2.19. The zero-order chi connectivity index (χ0) is 5.98. The number of nitrogens with zero attached hydrogens (tertiary/aromatic N) is 3. The highest BCUT2D eigenvalue weighted by atomic mass is 15.2. The zero-order valence-corrected chi connectivity index (χ0v) is 4.55. The standard InChI is InChI=1S/C5H5N3/c1-8-3-2-7-5(8)4-6/h3H2,1H3. The van der Waals surface area contributed by atoms with E-state index in [1.54, 1.807) is 4.90 Å². The quantitative estimate of drug-likeness (QED) is 0.433. The van der Waals surface area contributed by atoms with Gasteiger partial charge in [0, 0.05) is 7.05 Å². The first-order valence-electron chi connectivity index (χ1n) is 2.26. The molecule has 0 bridgehead atoms. The first-order valence-corrected chi connectivity index (χ1v) is 2.26. The largest absolute Gasteiger partial charge is 0.349 e. The maximum absolute atomic E-state index is 8.27. The highest BCUT2D eigenvalue weighted by Crippen LogP contribution is 1.99. The normalized spacial score (nSPS) is 18.0. The number of hydrogen-bond donors (Lipinski definition) is 0. The molecule has 8 heavy (non-hydrogen) atoms. The Hall–Kier alpha value is -1.04. The molecule has 2 radical (unpaired) electrons. The molecule has 3 nitrogen and oxygen atoms in total. The molecule has 0 saturated heterocycles. The van der Waals surface area contributed by atoms with Gasteiger partial charge in [-0.1, -0.05) is 0 Å². The van der Waals surface area contributed by atoms with Crippen LogP contribution in [0.2, 0.25) is 0 Å². The van der Waals surface area contributed by atoms with Crippen LogP contribution in [0, 0.1) is 17.9 Å². The molecule has 0 unspecified atom stereocenters. The van der Waals surface area contributed by atoms with E-state index in [1.165, 1.54) is 0 Å². The summed E-state index contributed by atoms with van der Waals surface area (Å²) < 4.78 is 0. The molecule has 40 valence electrons. The molecule has 3 heteroatoms. The lowest BCUT2D eigenvalue weighted by molar-refractivity contribution is 0.579. The van der Waals surface area contributed by atoms with Crippen LogP contribution in [-0.4, -0.2) is 24.3 Å². The predicted molar refractivity (Wildman–Crippen MR) is 28.9 cm³/mol. The van der Waals surface area contributed by atoms with E-state index in [-0.39, 0.29) is 0 Å². The van der Waals surface area contributed by atoms with Gasteiger partial charge in [-0.15, -0.1) is 0 Å². The summed E-state index contributed by atoms with van der Waals surface area (Å²) in [6, 6.07) is 1.93. The Balaban J connectivity index is 2.66. The minimum absolute atomic E-state index is 0.449. The highest BCUT2D eigenvalue weighted by Gasteiger charge is 2.10. The second-order valence-electron chi connectivity index (χ2n) is 1.56. The number of aliphatic imine (C=N–C) groups is 1. The van der Waals surface area contributed by atoms with Gasteiger partial charge in [-0.25, -0.2) is 4.99 Å². The van der Waals surface area contributed by atoms with Crippen molar-refractivity contribution in [2.24, 2.45) is 4.99 Å². The van der Waals surface area contributed by atoms with Gasteiger partial charge in [0.15, 0.2) is 0 Å². The molecule has 0 aromatic rings. The fraction of sp³-hybridized carbons (Fsp3) is 0.400. The summed E-state index contributed by atoms with van der Waals surface area (Å²) in [4.78, 5) is 5.40. The van der Waals surface area contributed by atoms with Gasteiger partial charge in [0.2, 0.25) is 5.84 Å². The maximum atomic E-state index is 8.27. The van der Waals surface area contributed by atoms with Crippen LogP contribution in [0.15, 0.2) is 4.99 Å². The van der Waals surface area contributed by atoms with Crippen LogP contribution in [0.5, 0.6) is 0 Å². The van der Waals surface area contributed by atoms with Crippen LogP contribution in [0.1, 0.15) is 0 Å². The summed E-state index contributed by atoms with van der Waals surface area (Å²) in [5.74, 6) is 0.449. The molecule has 0 N–H and O–H groups in total. The third kappa shape index (κ3) is 0.648. The first-order chi connectivity index (χ1) is 3.84. The molecule has 0 aromatic heterocycles. The molecule has 0 spiro atoms. The van der Waals surface area contributed by atoms with Crippen molar-refractivity contribution in [1.82, 2.24) is 4.90 Å². The van der Waals surface area contributed by atoms with Crippen molar-refractivity contribution >= 4 is 5.84 Å². The van der Waals surface area contributed by atoms with Crippen LogP contribution in [0.3, 0.4) is 0 Å². The van der Waals surface area contributed by atoms with Gasteiger partial charge in [0.25, 0.3) is 0 Å². The van der Waals surface area contributed by atoms with E-state index < -0.39 is 0 Å². The lowest BCUT2D eigenvalue weighted by atomic mass is 10.6. The molecular weight excluding hydrogens is 102 g/mol. The Morgan fingerprint density at radius 2 is 2.75 bits per heavy atom. The summed E-state index contributed by atoms with van der Waals surface area (Å²) in [7, 11) is 1.81. The van der Waals surface area contributed by atoms with Gasteiger partial charge in [-0.2, -0.15) is 5.26 Å².